The van der Waals surface area contributed by atoms with Gasteiger partial charge in [0, 0.05) is 35.6 Å². The molecule has 2 aromatic rings. The van der Waals surface area contributed by atoms with Crippen LogP contribution in [0.3, 0.4) is 0 Å². The van der Waals surface area contributed by atoms with E-state index >= 15 is 4.39 Å². The molecule has 0 saturated carbocycles. The highest BCUT2D eigenvalue weighted by molar-refractivity contribution is 7.92. The number of nitrogens with one attached hydrogen (secondary N) is 2. The van der Waals surface area contributed by atoms with Gasteiger partial charge < -0.3 is 15.6 Å². The number of fused-ring (bicyclic) bond motifs is 1. The van der Waals surface area contributed by atoms with E-state index in [4.69, 9.17) is 5.73 Å². The molecule has 27 heavy (non-hydrogen) atoms. The molecule has 0 radical (unpaired) electrons. The Morgan fingerprint density at radius 3 is 2.81 bits per heavy atom. The van der Waals surface area contributed by atoms with Crippen LogP contribution in [0.25, 0.3) is 10.9 Å². The minimum Gasteiger partial charge on any atom is -0.367 e. The maximum atomic E-state index is 15.0. The third-order valence-corrected chi connectivity index (χ3v) is 6.16. The standard InChI is InChI=1S/C18H23FN4O3S/c1-4-27(25,26)22-12-6-5-7-23(9-12)17-14(19)8-13(18(20)24)16-15(17)10(2)11(3)21-16/h4,8,12,21-22H,1,5-7,9H2,2-3H3,(H2,20,24). The molecule has 1 unspecified atom stereocenters. The first-order valence-corrected chi connectivity index (χ1v) is 10.2. The van der Waals surface area contributed by atoms with E-state index in [-0.39, 0.29) is 11.6 Å². The van der Waals surface area contributed by atoms with Crippen molar-refractivity contribution in [3.05, 3.63) is 40.7 Å². The molecular formula is C18H23FN4O3S. The summed E-state index contributed by atoms with van der Waals surface area (Å²) in [6.07, 6.45) is 1.35. The van der Waals surface area contributed by atoms with Crippen LogP contribution in [0, 0.1) is 19.7 Å². The van der Waals surface area contributed by atoms with Crippen LogP contribution in [0.4, 0.5) is 10.1 Å². The fourth-order valence-electron chi connectivity index (χ4n) is 3.66. The van der Waals surface area contributed by atoms with Gasteiger partial charge in [-0.1, -0.05) is 6.58 Å². The predicted molar refractivity (Wildman–Crippen MR) is 104 cm³/mol. The van der Waals surface area contributed by atoms with Gasteiger partial charge in [-0.25, -0.2) is 17.5 Å². The van der Waals surface area contributed by atoms with Crippen molar-refractivity contribution < 1.29 is 17.6 Å². The van der Waals surface area contributed by atoms with Gasteiger partial charge in [-0.2, -0.15) is 0 Å². The smallest absolute Gasteiger partial charge is 0.250 e. The monoisotopic (exact) mass is 394 g/mol. The van der Waals surface area contributed by atoms with Gasteiger partial charge in [-0.05, 0) is 38.3 Å². The number of rotatable bonds is 5. The second-order valence-electron chi connectivity index (χ2n) is 6.86. The Bertz CT molecular complexity index is 1030. The largest absolute Gasteiger partial charge is 0.367 e. The third kappa shape index (κ3) is 3.57. The first-order valence-electron chi connectivity index (χ1n) is 8.65. The van der Waals surface area contributed by atoms with Gasteiger partial charge in [0.15, 0.2) is 0 Å². The van der Waals surface area contributed by atoms with Crippen LogP contribution in [0.2, 0.25) is 0 Å². The summed E-state index contributed by atoms with van der Waals surface area (Å²) in [5.74, 6) is -1.26. The fourth-order valence-corrected chi connectivity index (χ4v) is 4.42. The fraction of sp³-hybridized carbons (Fsp3) is 0.389. The molecule has 1 saturated heterocycles. The Hall–Kier alpha value is -2.39. The number of hydrogen-bond acceptors (Lipinski definition) is 4. The van der Waals surface area contributed by atoms with E-state index in [1.54, 1.807) is 0 Å². The number of nitrogens with two attached hydrogens (primary N) is 1. The first kappa shape index (κ1) is 19.4. The minimum absolute atomic E-state index is 0.100. The van der Waals surface area contributed by atoms with Crippen molar-refractivity contribution in [1.29, 1.82) is 0 Å². The quantitative estimate of drug-likeness (QED) is 0.721. The third-order valence-electron chi connectivity index (χ3n) is 5.06. The summed E-state index contributed by atoms with van der Waals surface area (Å²) in [5, 5.41) is 1.47. The second-order valence-corrected chi connectivity index (χ2v) is 8.52. The van der Waals surface area contributed by atoms with Crippen molar-refractivity contribution in [2.45, 2.75) is 32.7 Å². The number of aromatic amines is 1. The summed E-state index contributed by atoms with van der Waals surface area (Å²) in [5.41, 5.74) is 8.03. The molecule has 1 amide bonds. The van der Waals surface area contributed by atoms with Crippen molar-refractivity contribution in [1.82, 2.24) is 9.71 Å². The molecule has 4 N–H and O–H groups in total. The average molecular weight is 394 g/mol. The molecule has 1 aromatic carbocycles. The van der Waals surface area contributed by atoms with Crippen LogP contribution in [-0.4, -0.2) is 38.4 Å². The van der Waals surface area contributed by atoms with Gasteiger partial charge in [0.05, 0.1) is 16.8 Å². The predicted octanol–water partition coefficient (Wildman–Crippen LogP) is 2.05. The van der Waals surface area contributed by atoms with E-state index in [2.05, 4.69) is 16.3 Å². The zero-order valence-electron chi connectivity index (χ0n) is 15.3. The molecule has 0 spiro atoms. The van der Waals surface area contributed by atoms with Crippen LogP contribution >= 0.6 is 0 Å². The number of nitrogens with zero attached hydrogens (tertiary/aromatic N) is 1. The summed E-state index contributed by atoms with van der Waals surface area (Å²) in [6.45, 7) is 7.90. The van der Waals surface area contributed by atoms with E-state index < -0.39 is 21.7 Å². The Morgan fingerprint density at radius 1 is 1.48 bits per heavy atom. The number of hydrogen-bond donors (Lipinski definition) is 3. The maximum absolute atomic E-state index is 15.0. The van der Waals surface area contributed by atoms with Crippen molar-refractivity contribution in [2.24, 2.45) is 5.73 Å². The van der Waals surface area contributed by atoms with Gasteiger partial charge in [-0.15, -0.1) is 0 Å². The lowest BCUT2D eigenvalue weighted by Gasteiger charge is -2.35. The van der Waals surface area contributed by atoms with Gasteiger partial charge in [-0.3, -0.25) is 4.79 Å². The summed E-state index contributed by atoms with van der Waals surface area (Å²) >= 11 is 0. The Morgan fingerprint density at radius 2 is 2.19 bits per heavy atom. The van der Waals surface area contributed by atoms with Crippen LogP contribution in [0.5, 0.6) is 0 Å². The lowest BCUT2D eigenvalue weighted by atomic mass is 10.0. The zero-order chi connectivity index (χ0) is 19.9. The van der Waals surface area contributed by atoms with E-state index in [1.807, 2.05) is 18.7 Å². The molecule has 146 valence electrons. The van der Waals surface area contributed by atoms with Gasteiger partial charge in [0.25, 0.3) is 5.91 Å². The number of benzene rings is 1. The van der Waals surface area contributed by atoms with Crippen LogP contribution in [-0.2, 0) is 10.0 Å². The van der Waals surface area contributed by atoms with Crippen LogP contribution in [0.1, 0.15) is 34.5 Å². The highest BCUT2D eigenvalue weighted by Crippen LogP contribution is 2.37. The highest BCUT2D eigenvalue weighted by Gasteiger charge is 2.28. The van der Waals surface area contributed by atoms with E-state index in [1.165, 1.54) is 0 Å². The lowest BCUT2D eigenvalue weighted by Crippen LogP contribution is -2.47. The summed E-state index contributed by atoms with van der Waals surface area (Å²) in [7, 11) is -3.57. The number of anilines is 1. The Balaban J connectivity index is 2.09. The normalized spacial score (nSPS) is 18.0. The van der Waals surface area contributed by atoms with Crippen molar-refractivity contribution in [3.63, 3.8) is 0 Å². The molecule has 2 heterocycles. The molecule has 7 nitrogen and oxygen atoms in total. The van der Waals surface area contributed by atoms with Crippen molar-refractivity contribution >= 4 is 32.5 Å². The van der Waals surface area contributed by atoms with E-state index in [0.29, 0.717) is 42.5 Å². The average Bonchev–Trinajstić information content (AvgIpc) is 2.89. The molecule has 1 aliphatic heterocycles. The first-order chi connectivity index (χ1) is 12.6. The number of piperidine rings is 1. The Kier molecular flexibility index (Phi) is 5.00. The van der Waals surface area contributed by atoms with Crippen molar-refractivity contribution in [3.8, 4) is 0 Å². The number of aryl methyl sites for hydroxylation is 2. The zero-order valence-corrected chi connectivity index (χ0v) is 16.1. The molecule has 1 atom stereocenters. The lowest BCUT2D eigenvalue weighted by molar-refractivity contribution is 0.100. The molecule has 9 heteroatoms. The molecule has 1 aromatic heterocycles. The topological polar surface area (TPSA) is 108 Å². The summed E-state index contributed by atoms with van der Waals surface area (Å²) in [6, 6.07) is 0.791. The highest BCUT2D eigenvalue weighted by atomic mass is 32.2. The molecule has 3 rings (SSSR count). The molecule has 1 aliphatic rings. The molecular weight excluding hydrogens is 371 g/mol. The number of H-pyrrole nitrogens is 1. The number of carbonyl (C=O) groups excluding carboxylic acids is 1. The molecule has 0 bridgehead atoms. The van der Waals surface area contributed by atoms with Crippen LogP contribution < -0.4 is 15.4 Å². The van der Waals surface area contributed by atoms with Crippen LogP contribution in [0.15, 0.2) is 18.1 Å². The number of amides is 1. The number of sulfonamides is 1. The minimum atomic E-state index is -3.57. The molecule has 1 fully saturated rings. The summed E-state index contributed by atoms with van der Waals surface area (Å²) in [4.78, 5) is 16.7. The summed E-state index contributed by atoms with van der Waals surface area (Å²) < 4.78 is 41.2. The second kappa shape index (κ2) is 6.97. The Labute approximate surface area is 157 Å². The van der Waals surface area contributed by atoms with E-state index in [9.17, 15) is 13.2 Å². The molecule has 0 aliphatic carbocycles. The van der Waals surface area contributed by atoms with Crippen molar-refractivity contribution in [2.75, 3.05) is 18.0 Å². The maximum Gasteiger partial charge on any atom is 0.250 e. The number of aromatic nitrogens is 1. The van der Waals surface area contributed by atoms with Gasteiger partial charge in [0.2, 0.25) is 10.0 Å². The van der Waals surface area contributed by atoms with Gasteiger partial charge >= 0.3 is 0 Å². The number of halogens is 1. The van der Waals surface area contributed by atoms with E-state index in [0.717, 1.165) is 22.7 Å². The number of carbonyl (C=O) groups is 1. The van der Waals surface area contributed by atoms with Gasteiger partial charge in [0.1, 0.15) is 5.82 Å². The SMILES string of the molecule is C=CS(=O)(=O)NC1CCCN(c2c(F)cc(C(N)=O)c3[nH]c(C)c(C)c23)C1. The number of primary amides is 1.